The Morgan fingerprint density at radius 2 is 1.69 bits per heavy atom. The quantitative estimate of drug-likeness (QED) is 0.601. The van der Waals surface area contributed by atoms with Crippen LogP contribution in [-0.4, -0.2) is 23.7 Å². The maximum absolute atomic E-state index is 11.3. The van der Waals surface area contributed by atoms with Crippen LogP contribution in [0.3, 0.4) is 0 Å². The summed E-state index contributed by atoms with van der Waals surface area (Å²) in [6, 6.07) is -1.03. The number of carbonyl (C=O) groups excluding carboxylic acids is 2. The van der Waals surface area contributed by atoms with Crippen molar-refractivity contribution in [2.45, 2.75) is 46.3 Å². The number of alkyl carbamates (subject to hydrolysis) is 1. The standard InChI is InChI=1S/C10H19NO4.Cs/c1-6(2)7(8(12)13)11-9(14)15-10(3,4)5;/h6-7H,1-5H3,(H,11,14)(H,12,13);/q;+1/p-1/t7-;/m0./s1. The third kappa shape index (κ3) is 8.89. The van der Waals surface area contributed by atoms with Crippen molar-refractivity contribution >= 4 is 12.1 Å². The molecule has 0 radical (unpaired) electrons. The molecule has 16 heavy (non-hydrogen) atoms. The molecular formula is C10H18CsNO4. The van der Waals surface area contributed by atoms with Gasteiger partial charge < -0.3 is 20.0 Å². The third-order valence-corrected chi connectivity index (χ3v) is 1.59. The fraction of sp³-hybridized carbons (Fsp3) is 0.800. The van der Waals surface area contributed by atoms with E-state index in [0.717, 1.165) is 0 Å². The van der Waals surface area contributed by atoms with Crippen molar-refractivity contribution in [1.29, 1.82) is 0 Å². The molecule has 1 atom stereocenters. The monoisotopic (exact) mass is 349 g/mol. The van der Waals surface area contributed by atoms with Crippen molar-refractivity contribution in [2.24, 2.45) is 5.92 Å². The normalized spacial score (nSPS) is 12.6. The average Bonchev–Trinajstić information content (AvgIpc) is 1.95. The van der Waals surface area contributed by atoms with E-state index in [-0.39, 0.29) is 74.8 Å². The topological polar surface area (TPSA) is 78.5 Å². The second-order valence-corrected chi connectivity index (χ2v) is 4.69. The van der Waals surface area contributed by atoms with E-state index in [1.54, 1.807) is 34.6 Å². The summed E-state index contributed by atoms with van der Waals surface area (Å²) in [5.41, 5.74) is -0.641. The number of carboxylic acid groups (broad SMARTS) is 1. The number of amides is 1. The van der Waals surface area contributed by atoms with Crippen molar-refractivity contribution in [3.8, 4) is 0 Å². The summed E-state index contributed by atoms with van der Waals surface area (Å²) < 4.78 is 4.93. The summed E-state index contributed by atoms with van der Waals surface area (Å²) in [4.78, 5) is 21.9. The van der Waals surface area contributed by atoms with Gasteiger partial charge in [-0.05, 0) is 26.7 Å². The van der Waals surface area contributed by atoms with Gasteiger partial charge in [0, 0.05) is 0 Å². The Bertz CT molecular complexity index is 248. The molecule has 1 amide bonds. The van der Waals surface area contributed by atoms with Crippen molar-refractivity contribution in [3.63, 3.8) is 0 Å². The van der Waals surface area contributed by atoms with Gasteiger partial charge in [0.15, 0.2) is 0 Å². The first-order valence-corrected chi connectivity index (χ1v) is 4.84. The van der Waals surface area contributed by atoms with Crippen LogP contribution in [0.5, 0.6) is 0 Å². The first-order chi connectivity index (χ1) is 6.63. The van der Waals surface area contributed by atoms with Gasteiger partial charge >= 0.3 is 75.0 Å². The molecule has 0 aromatic carbocycles. The molecule has 88 valence electrons. The Morgan fingerprint density at radius 1 is 1.25 bits per heavy atom. The first kappa shape index (κ1) is 19.1. The summed E-state index contributed by atoms with van der Waals surface area (Å²) in [6.45, 7) is 8.47. The zero-order valence-electron chi connectivity index (χ0n) is 10.8. The van der Waals surface area contributed by atoms with Gasteiger partial charge in [-0.1, -0.05) is 13.8 Å². The van der Waals surface area contributed by atoms with Crippen LogP contribution in [0, 0.1) is 5.92 Å². The van der Waals surface area contributed by atoms with Gasteiger partial charge in [-0.15, -0.1) is 0 Å². The number of rotatable bonds is 3. The van der Waals surface area contributed by atoms with Crippen LogP contribution in [0.2, 0.25) is 0 Å². The van der Waals surface area contributed by atoms with E-state index < -0.39 is 23.7 Å². The van der Waals surface area contributed by atoms with Gasteiger partial charge in [0.25, 0.3) is 0 Å². The molecule has 0 saturated carbocycles. The van der Waals surface area contributed by atoms with E-state index in [4.69, 9.17) is 4.74 Å². The van der Waals surface area contributed by atoms with Gasteiger partial charge in [-0.2, -0.15) is 0 Å². The van der Waals surface area contributed by atoms with Crippen molar-refractivity contribution in [1.82, 2.24) is 5.32 Å². The summed E-state index contributed by atoms with van der Waals surface area (Å²) in [7, 11) is 0. The zero-order valence-corrected chi connectivity index (χ0v) is 17.1. The molecule has 0 rings (SSSR count). The van der Waals surface area contributed by atoms with Crippen LogP contribution >= 0.6 is 0 Å². The van der Waals surface area contributed by atoms with Crippen molar-refractivity contribution < 1.29 is 88.3 Å². The molecule has 0 aromatic rings. The second-order valence-electron chi connectivity index (χ2n) is 4.69. The number of hydrogen-bond acceptors (Lipinski definition) is 4. The number of carboxylic acids is 1. The molecule has 0 heterocycles. The zero-order chi connectivity index (χ0) is 12.2. The number of aliphatic carboxylic acids is 1. The molecule has 1 N–H and O–H groups in total. The fourth-order valence-corrected chi connectivity index (χ4v) is 0.932. The summed E-state index contributed by atoms with van der Waals surface area (Å²) in [5, 5.41) is 12.9. The third-order valence-electron chi connectivity index (χ3n) is 1.59. The van der Waals surface area contributed by atoms with Crippen LogP contribution < -0.4 is 79.3 Å². The van der Waals surface area contributed by atoms with E-state index in [1.807, 2.05) is 0 Å². The van der Waals surface area contributed by atoms with Gasteiger partial charge in [-0.25, -0.2) is 4.79 Å². The maximum Gasteiger partial charge on any atom is 1.00 e. The molecule has 0 spiro atoms. The smallest absolute Gasteiger partial charge is 0.548 e. The molecule has 0 aromatic heterocycles. The van der Waals surface area contributed by atoms with Crippen LogP contribution in [0.1, 0.15) is 34.6 Å². The van der Waals surface area contributed by atoms with E-state index >= 15 is 0 Å². The van der Waals surface area contributed by atoms with E-state index in [0.29, 0.717) is 0 Å². The fourth-order valence-electron chi connectivity index (χ4n) is 0.932. The first-order valence-electron chi connectivity index (χ1n) is 4.84. The Labute approximate surface area is 155 Å². The van der Waals surface area contributed by atoms with Crippen LogP contribution in [0.15, 0.2) is 0 Å². The van der Waals surface area contributed by atoms with Crippen molar-refractivity contribution in [2.75, 3.05) is 0 Å². The second kappa shape index (κ2) is 7.99. The molecule has 6 heteroatoms. The molecule has 0 fully saturated rings. The Kier molecular flexibility index (Phi) is 9.56. The molecular weight excluding hydrogens is 331 g/mol. The van der Waals surface area contributed by atoms with Gasteiger partial charge in [0.1, 0.15) is 5.60 Å². The summed E-state index contributed by atoms with van der Waals surface area (Å²) in [5.74, 6) is -1.56. The van der Waals surface area contributed by atoms with Crippen LogP contribution in [0.25, 0.3) is 0 Å². The van der Waals surface area contributed by atoms with Gasteiger partial charge in [0.2, 0.25) is 0 Å². The predicted octanol–water partition coefficient (Wildman–Crippen LogP) is -2.71. The minimum atomic E-state index is -1.31. The summed E-state index contributed by atoms with van der Waals surface area (Å²) >= 11 is 0. The number of hydrogen-bond donors (Lipinski definition) is 1. The molecule has 0 bridgehead atoms. The number of carbonyl (C=O) groups is 2. The van der Waals surface area contributed by atoms with Crippen LogP contribution in [-0.2, 0) is 9.53 Å². The number of nitrogens with one attached hydrogen (secondary N) is 1. The Hall–Kier alpha value is 0.792. The largest absolute Gasteiger partial charge is 1.00 e. The van der Waals surface area contributed by atoms with Crippen LogP contribution in [0.4, 0.5) is 4.79 Å². The number of ether oxygens (including phenoxy) is 1. The SMILES string of the molecule is CC(C)[C@H](NC(=O)OC(C)(C)C)C(=O)[O-].[Cs+]. The molecule has 0 aliphatic heterocycles. The maximum atomic E-state index is 11.3. The van der Waals surface area contributed by atoms with Crippen molar-refractivity contribution in [3.05, 3.63) is 0 Å². The van der Waals surface area contributed by atoms with Gasteiger partial charge in [0.05, 0.1) is 12.0 Å². The molecule has 0 aliphatic carbocycles. The summed E-state index contributed by atoms with van der Waals surface area (Å²) in [6.07, 6.45) is -0.745. The van der Waals surface area contributed by atoms with E-state index in [9.17, 15) is 14.7 Å². The predicted molar refractivity (Wildman–Crippen MR) is 53.0 cm³/mol. The molecule has 0 aliphatic rings. The molecule has 0 saturated heterocycles. The Morgan fingerprint density at radius 3 is 1.94 bits per heavy atom. The average molecular weight is 349 g/mol. The molecule has 0 unspecified atom stereocenters. The van der Waals surface area contributed by atoms with E-state index in [1.165, 1.54) is 0 Å². The minimum Gasteiger partial charge on any atom is -0.548 e. The molecule has 5 nitrogen and oxygen atoms in total. The van der Waals surface area contributed by atoms with E-state index in [2.05, 4.69) is 5.32 Å². The Balaban J connectivity index is 0. The minimum absolute atomic E-state index is 0. The van der Waals surface area contributed by atoms with Gasteiger partial charge in [-0.3, -0.25) is 0 Å².